The van der Waals surface area contributed by atoms with Crippen molar-refractivity contribution < 1.29 is 23.1 Å². The number of amidine groups is 1. The Labute approximate surface area is 93.1 Å². The van der Waals surface area contributed by atoms with Crippen molar-refractivity contribution in [3.05, 3.63) is 28.8 Å². The summed E-state index contributed by atoms with van der Waals surface area (Å²) in [6, 6.07) is 3.25. The second-order valence-electron chi connectivity index (χ2n) is 2.68. The molecule has 0 bridgehead atoms. The molecule has 8 heteroatoms. The number of benzene rings is 1. The molecule has 0 radical (unpaired) electrons. The summed E-state index contributed by atoms with van der Waals surface area (Å²) in [7, 11) is 0. The Bertz CT molecular complexity index is 420. The van der Waals surface area contributed by atoms with Gasteiger partial charge in [0.15, 0.2) is 5.84 Å². The van der Waals surface area contributed by atoms with Crippen LogP contribution in [-0.4, -0.2) is 17.4 Å². The minimum Gasteiger partial charge on any atom is -0.409 e. The maximum Gasteiger partial charge on any atom is 0.573 e. The van der Waals surface area contributed by atoms with Crippen LogP contribution in [0.15, 0.2) is 23.4 Å². The molecule has 0 fully saturated rings. The summed E-state index contributed by atoms with van der Waals surface area (Å²) in [5.41, 5.74) is 5.40. The van der Waals surface area contributed by atoms with E-state index in [0.717, 1.165) is 12.1 Å². The number of rotatable bonds is 2. The molecule has 0 heterocycles. The summed E-state index contributed by atoms with van der Waals surface area (Å²) >= 11 is 5.52. The van der Waals surface area contributed by atoms with Gasteiger partial charge in [0.25, 0.3) is 0 Å². The Morgan fingerprint density at radius 3 is 2.50 bits per heavy atom. The number of hydrogen-bond donors (Lipinski definition) is 2. The van der Waals surface area contributed by atoms with Crippen molar-refractivity contribution in [3.8, 4) is 5.75 Å². The lowest BCUT2D eigenvalue weighted by molar-refractivity contribution is -0.274. The predicted octanol–water partition coefficient (Wildman–Crippen LogP) is 2.33. The standard InChI is InChI=1S/C8H6ClF3N2O2/c9-5-3-4(7(13)14-15)1-2-6(5)16-8(10,11)12/h1-3,15H,(H2,13,14). The minimum atomic E-state index is -4.82. The summed E-state index contributed by atoms with van der Waals surface area (Å²) in [6.07, 6.45) is -4.82. The molecule has 88 valence electrons. The number of hydrogen-bond acceptors (Lipinski definition) is 3. The number of oxime groups is 1. The molecular formula is C8H6ClF3N2O2. The quantitative estimate of drug-likeness (QED) is 0.368. The van der Waals surface area contributed by atoms with Crippen LogP contribution in [0, 0.1) is 0 Å². The molecule has 1 aromatic carbocycles. The van der Waals surface area contributed by atoms with Gasteiger partial charge in [0.2, 0.25) is 0 Å². The van der Waals surface area contributed by atoms with Gasteiger partial charge in [-0.3, -0.25) is 0 Å². The first-order valence-corrected chi connectivity index (χ1v) is 4.24. The fourth-order valence-corrected chi connectivity index (χ4v) is 1.14. The zero-order valence-electron chi connectivity index (χ0n) is 7.62. The molecule has 0 saturated heterocycles. The van der Waals surface area contributed by atoms with Crippen molar-refractivity contribution in [1.29, 1.82) is 0 Å². The Kier molecular flexibility index (Phi) is 3.48. The van der Waals surface area contributed by atoms with E-state index in [1.807, 2.05) is 0 Å². The van der Waals surface area contributed by atoms with Gasteiger partial charge in [-0.25, -0.2) is 0 Å². The molecule has 0 atom stereocenters. The minimum absolute atomic E-state index is 0.182. The highest BCUT2D eigenvalue weighted by atomic mass is 35.5. The molecule has 1 aromatic rings. The fourth-order valence-electron chi connectivity index (χ4n) is 0.925. The van der Waals surface area contributed by atoms with Crippen LogP contribution in [0.3, 0.4) is 0 Å². The van der Waals surface area contributed by atoms with Crippen LogP contribution < -0.4 is 10.5 Å². The van der Waals surface area contributed by atoms with Crippen LogP contribution in [-0.2, 0) is 0 Å². The van der Waals surface area contributed by atoms with Gasteiger partial charge in [-0.1, -0.05) is 16.8 Å². The van der Waals surface area contributed by atoms with Gasteiger partial charge in [0, 0.05) is 5.56 Å². The van der Waals surface area contributed by atoms with E-state index in [2.05, 4.69) is 9.89 Å². The first-order chi connectivity index (χ1) is 7.33. The Morgan fingerprint density at radius 1 is 1.44 bits per heavy atom. The van der Waals surface area contributed by atoms with E-state index in [1.54, 1.807) is 0 Å². The Morgan fingerprint density at radius 2 is 2.06 bits per heavy atom. The molecule has 4 nitrogen and oxygen atoms in total. The van der Waals surface area contributed by atoms with Gasteiger partial charge in [-0.15, -0.1) is 13.2 Å². The molecule has 3 N–H and O–H groups in total. The number of ether oxygens (including phenoxy) is 1. The van der Waals surface area contributed by atoms with E-state index < -0.39 is 12.1 Å². The van der Waals surface area contributed by atoms with Crippen LogP contribution >= 0.6 is 11.6 Å². The zero-order chi connectivity index (χ0) is 12.3. The largest absolute Gasteiger partial charge is 0.573 e. The van der Waals surface area contributed by atoms with E-state index in [1.165, 1.54) is 6.07 Å². The third-order valence-electron chi connectivity index (χ3n) is 1.56. The van der Waals surface area contributed by atoms with Crippen LogP contribution in [0.4, 0.5) is 13.2 Å². The maximum atomic E-state index is 11.9. The molecule has 16 heavy (non-hydrogen) atoms. The summed E-state index contributed by atoms with van der Waals surface area (Å²) in [5.74, 6) is -0.816. The molecule has 0 aromatic heterocycles. The monoisotopic (exact) mass is 254 g/mol. The van der Waals surface area contributed by atoms with Gasteiger partial charge >= 0.3 is 6.36 Å². The zero-order valence-corrected chi connectivity index (χ0v) is 8.38. The highest BCUT2D eigenvalue weighted by molar-refractivity contribution is 6.32. The molecular weight excluding hydrogens is 249 g/mol. The van der Waals surface area contributed by atoms with Gasteiger partial charge < -0.3 is 15.7 Å². The first kappa shape index (κ1) is 12.4. The average Bonchev–Trinajstić information content (AvgIpc) is 2.18. The highest BCUT2D eigenvalue weighted by Gasteiger charge is 2.32. The van der Waals surface area contributed by atoms with Crippen molar-refractivity contribution in [1.82, 2.24) is 0 Å². The number of nitrogens with zero attached hydrogens (tertiary/aromatic N) is 1. The molecule has 0 aliphatic carbocycles. The molecule has 0 unspecified atom stereocenters. The van der Waals surface area contributed by atoms with E-state index >= 15 is 0 Å². The SMILES string of the molecule is N/C(=N/O)c1ccc(OC(F)(F)F)c(Cl)c1. The normalized spacial score (nSPS) is 12.6. The van der Waals surface area contributed by atoms with Gasteiger partial charge in [0.05, 0.1) is 5.02 Å². The molecule has 1 rings (SSSR count). The Hall–Kier alpha value is -1.63. The maximum absolute atomic E-state index is 11.9. The average molecular weight is 255 g/mol. The van der Waals surface area contributed by atoms with Crippen LogP contribution in [0.1, 0.15) is 5.56 Å². The molecule has 0 aliphatic rings. The second-order valence-corrected chi connectivity index (χ2v) is 3.09. The molecule has 0 saturated carbocycles. The van der Waals surface area contributed by atoms with Crippen molar-refractivity contribution in [2.24, 2.45) is 10.9 Å². The third kappa shape index (κ3) is 3.20. The lowest BCUT2D eigenvalue weighted by Gasteiger charge is -2.10. The Balaban J connectivity index is 3.01. The first-order valence-electron chi connectivity index (χ1n) is 3.86. The molecule has 0 aliphatic heterocycles. The summed E-state index contributed by atoms with van der Waals surface area (Å²) in [6.45, 7) is 0. The van der Waals surface area contributed by atoms with Crippen LogP contribution in [0.2, 0.25) is 5.02 Å². The summed E-state index contributed by atoms with van der Waals surface area (Å²) in [4.78, 5) is 0. The van der Waals surface area contributed by atoms with E-state index in [4.69, 9.17) is 22.5 Å². The summed E-state index contributed by atoms with van der Waals surface area (Å²) in [5, 5.41) is 10.7. The third-order valence-corrected chi connectivity index (χ3v) is 1.86. The van der Waals surface area contributed by atoms with Gasteiger partial charge in [0.1, 0.15) is 5.75 Å². The lowest BCUT2D eigenvalue weighted by Crippen LogP contribution is -2.18. The van der Waals surface area contributed by atoms with Crippen molar-refractivity contribution in [2.75, 3.05) is 0 Å². The number of halogens is 4. The van der Waals surface area contributed by atoms with Crippen LogP contribution in [0.25, 0.3) is 0 Å². The second kappa shape index (κ2) is 4.48. The van der Waals surface area contributed by atoms with Crippen molar-refractivity contribution in [2.45, 2.75) is 6.36 Å². The van der Waals surface area contributed by atoms with Crippen molar-refractivity contribution in [3.63, 3.8) is 0 Å². The topological polar surface area (TPSA) is 67.8 Å². The number of nitrogens with two attached hydrogens (primary N) is 1. The highest BCUT2D eigenvalue weighted by Crippen LogP contribution is 2.30. The van der Waals surface area contributed by atoms with Crippen LogP contribution in [0.5, 0.6) is 5.75 Å². The number of alkyl halides is 3. The summed E-state index contributed by atoms with van der Waals surface area (Å²) < 4.78 is 39.3. The van der Waals surface area contributed by atoms with Crippen molar-refractivity contribution >= 4 is 17.4 Å². The van der Waals surface area contributed by atoms with E-state index in [9.17, 15) is 13.2 Å². The fraction of sp³-hybridized carbons (Fsp3) is 0.125. The smallest absolute Gasteiger partial charge is 0.409 e. The predicted molar refractivity (Wildman–Crippen MR) is 50.6 cm³/mol. The lowest BCUT2D eigenvalue weighted by atomic mass is 10.2. The molecule has 0 spiro atoms. The van der Waals surface area contributed by atoms with E-state index in [0.29, 0.717) is 0 Å². The van der Waals surface area contributed by atoms with Gasteiger partial charge in [-0.05, 0) is 18.2 Å². The van der Waals surface area contributed by atoms with E-state index in [-0.39, 0.29) is 16.4 Å². The molecule has 0 amide bonds. The van der Waals surface area contributed by atoms with Gasteiger partial charge in [-0.2, -0.15) is 0 Å².